The molecule has 11 heteroatoms. The van der Waals surface area contributed by atoms with Gasteiger partial charge in [0, 0.05) is 36.5 Å². The molecule has 0 radical (unpaired) electrons. The maximum atomic E-state index is 12.8. The first kappa shape index (κ1) is 23.2. The second-order valence-corrected chi connectivity index (χ2v) is 10.9. The minimum absolute atomic E-state index is 0.0431. The number of rotatable bonds is 7. The zero-order chi connectivity index (χ0) is 21.7. The van der Waals surface area contributed by atoms with Crippen LogP contribution in [0.4, 0.5) is 0 Å². The van der Waals surface area contributed by atoms with Gasteiger partial charge in [-0.15, -0.1) is 11.3 Å². The maximum absolute atomic E-state index is 12.8. The number of sulfonamides is 1. The molecule has 3 rings (SSSR count). The normalized spacial score (nSPS) is 23.3. The zero-order valence-corrected chi connectivity index (χ0v) is 18.9. The minimum atomic E-state index is -3.82. The molecular formula is C19H26ClN3O5S2. The van der Waals surface area contributed by atoms with Gasteiger partial charge in [-0.3, -0.25) is 9.59 Å². The highest BCUT2D eigenvalue weighted by atomic mass is 35.5. The summed E-state index contributed by atoms with van der Waals surface area (Å²) in [4.78, 5) is 29.2. The molecule has 2 unspecified atom stereocenters. The van der Waals surface area contributed by atoms with Crippen LogP contribution < -0.4 is 4.72 Å². The lowest BCUT2D eigenvalue weighted by Gasteiger charge is -2.36. The van der Waals surface area contributed by atoms with Crippen LogP contribution in [0.3, 0.4) is 0 Å². The van der Waals surface area contributed by atoms with E-state index in [-0.39, 0.29) is 30.9 Å². The fourth-order valence-corrected chi connectivity index (χ4v) is 5.79. The summed E-state index contributed by atoms with van der Waals surface area (Å²) in [5.74, 6) is -0.481. The smallest absolute Gasteiger partial charge is 0.242 e. The molecule has 1 aromatic rings. The van der Waals surface area contributed by atoms with Crippen LogP contribution in [-0.4, -0.2) is 74.0 Å². The monoisotopic (exact) mass is 475 g/mol. The molecule has 166 valence electrons. The van der Waals surface area contributed by atoms with Gasteiger partial charge in [0.05, 0.1) is 10.9 Å². The van der Waals surface area contributed by atoms with Gasteiger partial charge in [0.1, 0.15) is 6.04 Å². The first-order valence-electron chi connectivity index (χ1n) is 9.90. The second-order valence-electron chi connectivity index (χ2n) is 7.59. The SMILES string of the molecule is O=C(CN1CCCC(NS(=O)(=O)/C=C/c2ccc(Cl)s2)C1=O)N1CCCC(CO)C1. The summed E-state index contributed by atoms with van der Waals surface area (Å²) in [7, 11) is -3.82. The highest BCUT2D eigenvalue weighted by Gasteiger charge is 2.33. The third-order valence-electron chi connectivity index (χ3n) is 5.30. The number of halogens is 1. The molecule has 1 aromatic heterocycles. The molecule has 2 fully saturated rings. The van der Waals surface area contributed by atoms with E-state index in [0.717, 1.165) is 18.2 Å². The quantitative estimate of drug-likeness (QED) is 0.621. The van der Waals surface area contributed by atoms with E-state index in [0.29, 0.717) is 41.7 Å². The number of carbonyl (C=O) groups excluding carboxylic acids is 2. The summed E-state index contributed by atoms with van der Waals surface area (Å²) in [6.45, 7) is 1.50. The average molecular weight is 476 g/mol. The zero-order valence-electron chi connectivity index (χ0n) is 16.5. The van der Waals surface area contributed by atoms with Crippen LogP contribution in [0.25, 0.3) is 6.08 Å². The number of thiophene rings is 1. The molecule has 0 bridgehead atoms. The Bertz CT molecular complexity index is 902. The molecule has 2 amide bonds. The number of likely N-dealkylation sites (tertiary alicyclic amines) is 2. The van der Waals surface area contributed by atoms with Crippen molar-refractivity contribution in [1.29, 1.82) is 0 Å². The topological polar surface area (TPSA) is 107 Å². The number of amides is 2. The molecule has 2 saturated heterocycles. The summed E-state index contributed by atoms with van der Waals surface area (Å²) in [6.07, 6.45) is 4.14. The van der Waals surface area contributed by atoms with E-state index < -0.39 is 16.1 Å². The Hall–Kier alpha value is -1.46. The first-order chi connectivity index (χ1) is 14.3. The van der Waals surface area contributed by atoms with Crippen LogP contribution >= 0.6 is 22.9 Å². The maximum Gasteiger partial charge on any atom is 0.242 e. The third-order valence-corrected chi connectivity index (χ3v) is 7.60. The number of piperidine rings is 2. The number of aliphatic hydroxyl groups excluding tert-OH is 1. The fraction of sp³-hybridized carbons (Fsp3) is 0.579. The van der Waals surface area contributed by atoms with Crippen molar-refractivity contribution in [2.45, 2.75) is 31.7 Å². The Morgan fingerprint density at radius 2 is 2.07 bits per heavy atom. The van der Waals surface area contributed by atoms with Gasteiger partial charge in [0.15, 0.2) is 0 Å². The van der Waals surface area contributed by atoms with Crippen molar-refractivity contribution in [3.05, 3.63) is 26.8 Å². The molecule has 2 atom stereocenters. The van der Waals surface area contributed by atoms with Crippen molar-refractivity contribution in [1.82, 2.24) is 14.5 Å². The summed E-state index contributed by atoms with van der Waals surface area (Å²) in [6, 6.07) is 2.50. The largest absolute Gasteiger partial charge is 0.396 e. The lowest BCUT2D eigenvalue weighted by atomic mass is 9.99. The van der Waals surface area contributed by atoms with Crippen LogP contribution in [0.1, 0.15) is 30.6 Å². The number of carbonyl (C=O) groups is 2. The molecule has 0 saturated carbocycles. The minimum Gasteiger partial charge on any atom is -0.396 e. The van der Waals surface area contributed by atoms with Crippen LogP contribution in [0.2, 0.25) is 4.34 Å². The van der Waals surface area contributed by atoms with E-state index >= 15 is 0 Å². The lowest BCUT2D eigenvalue weighted by molar-refractivity contribution is -0.144. The fourth-order valence-electron chi connectivity index (χ4n) is 3.72. The molecule has 8 nitrogen and oxygen atoms in total. The Labute approximate surface area is 185 Å². The van der Waals surface area contributed by atoms with E-state index in [4.69, 9.17) is 11.6 Å². The summed E-state index contributed by atoms with van der Waals surface area (Å²) in [5, 5.41) is 10.4. The number of aliphatic hydroxyl groups is 1. The highest BCUT2D eigenvalue weighted by Crippen LogP contribution is 2.23. The molecule has 3 heterocycles. The number of nitrogens with zero attached hydrogens (tertiary/aromatic N) is 2. The standard InChI is InChI=1S/C19H26ClN3O5S2/c20-17-6-5-15(29-17)7-10-30(27,28)21-16-4-2-9-23(19(16)26)12-18(25)22-8-1-3-14(11-22)13-24/h5-7,10,14,16,21,24H,1-4,8-9,11-13H2/b10-7+. The van der Waals surface area contributed by atoms with E-state index in [2.05, 4.69) is 4.72 Å². The molecule has 0 aliphatic carbocycles. The first-order valence-corrected chi connectivity index (χ1v) is 12.6. The van der Waals surface area contributed by atoms with Crippen LogP contribution in [0.5, 0.6) is 0 Å². The number of hydrogen-bond acceptors (Lipinski definition) is 6. The molecule has 2 aliphatic heterocycles. The summed E-state index contributed by atoms with van der Waals surface area (Å²) >= 11 is 7.09. The van der Waals surface area contributed by atoms with E-state index in [1.165, 1.54) is 22.3 Å². The molecule has 30 heavy (non-hydrogen) atoms. The summed E-state index contributed by atoms with van der Waals surface area (Å²) < 4.78 is 27.7. The van der Waals surface area contributed by atoms with Crippen molar-refractivity contribution in [2.24, 2.45) is 5.92 Å². The Balaban J connectivity index is 1.57. The van der Waals surface area contributed by atoms with Gasteiger partial charge in [-0.1, -0.05) is 11.6 Å². The number of hydrogen-bond donors (Lipinski definition) is 2. The van der Waals surface area contributed by atoms with Crippen LogP contribution in [-0.2, 0) is 19.6 Å². The second kappa shape index (κ2) is 10.2. The third kappa shape index (κ3) is 6.27. The van der Waals surface area contributed by atoms with Crippen LogP contribution in [0.15, 0.2) is 17.5 Å². The van der Waals surface area contributed by atoms with Gasteiger partial charge in [0.2, 0.25) is 21.8 Å². The van der Waals surface area contributed by atoms with Crippen molar-refractivity contribution >= 4 is 50.9 Å². The van der Waals surface area contributed by atoms with Crippen molar-refractivity contribution < 1.29 is 23.1 Å². The average Bonchev–Trinajstić information content (AvgIpc) is 3.15. The summed E-state index contributed by atoms with van der Waals surface area (Å²) in [5.41, 5.74) is 0. The van der Waals surface area contributed by atoms with E-state index in [1.807, 2.05) is 0 Å². The van der Waals surface area contributed by atoms with Crippen molar-refractivity contribution in [3.63, 3.8) is 0 Å². The van der Waals surface area contributed by atoms with Crippen LogP contribution in [0, 0.1) is 5.92 Å². The Kier molecular flexibility index (Phi) is 7.92. The van der Waals surface area contributed by atoms with E-state index in [9.17, 15) is 23.1 Å². The van der Waals surface area contributed by atoms with Gasteiger partial charge >= 0.3 is 0 Å². The lowest BCUT2D eigenvalue weighted by Crippen LogP contribution is -2.55. The predicted octanol–water partition coefficient (Wildman–Crippen LogP) is 1.51. The van der Waals surface area contributed by atoms with Gasteiger partial charge < -0.3 is 14.9 Å². The molecule has 2 aliphatic rings. The molecule has 2 N–H and O–H groups in total. The Morgan fingerprint density at radius 1 is 1.30 bits per heavy atom. The molecule has 0 aromatic carbocycles. The molecule has 0 spiro atoms. The predicted molar refractivity (Wildman–Crippen MR) is 116 cm³/mol. The van der Waals surface area contributed by atoms with Crippen molar-refractivity contribution in [3.8, 4) is 0 Å². The van der Waals surface area contributed by atoms with Crippen molar-refractivity contribution in [2.75, 3.05) is 32.8 Å². The number of nitrogens with one attached hydrogen (secondary N) is 1. The Morgan fingerprint density at radius 3 is 2.77 bits per heavy atom. The highest BCUT2D eigenvalue weighted by molar-refractivity contribution is 7.92. The van der Waals surface area contributed by atoms with Gasteiger partial charge in [-0.05, 0) is 49.8 Å². The van der Waals surface area contributed by atoms with Gasteiger partial charge in [0.25, 0.3) is 0 Å². The van der Waals surface area contributed by atoms with Gasteiger partial charge in [-0.2, -0.15) is 4.72 Å². The van der Waals surface area contributed by atoms with Gasteiger partial charge in [-0.25, -0.2) is 8.42 Å². The van der Waals surface area contributed by atoms with E-state index in [1.54, 1.807) is 17.0 Å². The molecular weight excluding hydrogens is 450 g/mol.